The Morgan fingerprint density at radius 1 is 1.44 bits per heavy atom. The van der Waals surface area contributed by atoms with Gasteiger partial charge in [0.05, 0.1) is 6.20 Å². The van der Waals surface area contributed by atoms with E-state index in [2.05, 4.69) is 20.7 Å². The summed E-state index contributed by atoms with van der Waals surface area (Å²) in [5, 5.41) is 14.4. The molecule has 0 unspecified atom stereocenters. The van der Waals surface area contributed by atoms with Crippen LogP contribution in [-0.4, -0.2) is 24.8 Å². The van der Waals surface area contributed by atoms with Gasteiger partial charge in [-0.25, -0.2) is 4.68 Å². The Kier molecular flexibility index (Phi) is 2.61. The number of aromatic nitrogens is 5. The molecule has 0 bridgehead atoms. The Hall–Kier alpha value is -1.89. The van der Waals surface area contributed by atoms with Gasteiger partial charge in [0.2, 0.25) is 0 Å². The Morgan fingerprint density at radius 2 is 2.19 bits per heavy atom. The maximum absolute atomic E-state index is 11.7. The van der Waals surface area contributed by atoms with Crippen molar-refractivity contribution in [2.24, 2.45) is 14.1 Å². The third-order valence-corrected chi connectivity index (χ3v) is 2.08. The van der Waals surface area contributed by atoms with Crippen LogP contribution in [0.4, 0.5) is 11.5 Å². The SMILES string of the molecule is Cn1cc(Nc2cc(Cl)nn(C)c2=O)nn1. The number of nitrogens with one attached hydrogen (secondary N) is 1. The summed E-state index contributed by atoms with van der Waals surface area (Å²) in [6.07, 6.45) is 1.65. The van der Waals surface area contributed by atoms with E-state index in [0.717, 1.165) is 4.68 Å². The van der Waals surface area contributed by atoms with Crippen molar-refractivity contribution in [2.75, 3.05) is 5.32 Å². The largest absolute Gasteiger partial charge is 0.333 e. The van der Waals surface area contributed by atoms with Crippen molar-refractivity contribution in [2.45, 2.75) is 0 Å². The van der Waals surface area contributed by atoms with Crippen LogP contribution in [0.15, 0.2) is 17.1 Å². The third kappa shape index (κ3) is 2.03. The van der Waals surface area contributed by atoms with Crippen LogP contribution >= 0.6 is 11.6 Å². The van der Waals surface area contributed by atoms with Gasteiger partial charge in [-0.3, -0.25) is 9.48 Å². The fourth-order valence-corrected chi connectivity index (χ4v) is 1.43. The van der Waals surface area contributed by atoms with Gasteiger partial charge < -0.3 is 5.32 Å². The molecule has 0 aromatic carbocycles. The molecule has 0 atom stereocenters. The van der Waals surface area contributed by atoms with Gasteiger partial charge in [-0.2, -0.15) is 5.10 Å². The van der Waals surface area contributed by atoms with Crippen LogP contribution in [0, 0.1) is 0 Å². The summed E-state index contributed by atoms with van der Waals surface area (Å²) >= 11 is 5.74. The van der Waals surface area contributed by atoms with Crippen molar-refractivity contribution in [1.82, 2.24) is 24.8 Å². The van der Waals surface area contributed by atoms with Crippen LogP contribution < -0.4 is 10.9 Å². The lowest BCUT2D eigenvalue weighted by atomic mass is 10.4. The van der Waals surface area contributed by atoms with E-state index in [1.807, 2.05) is 0 Å². The number of aryl methyl sites for hydroxylation is 2. The molecule has 2 aromatic heterocycles. The molecule has 0 aliphatic heterocycles. The lowest BCUT2D eigenvalue weighted by molar-refractivity contribution is 0.710. The molecule has 0 saturated heterocycles. The summed E-state index contributed by atoms with van der Waals surface area (Å²) in [5.41, 5.74) is 0.0260. The summed E-state index contributed by atoms with van der Waals surface area (Å²) in [4.78, 5) is 11.7. The van der Waals surface area contributed by atoms with Gasteiger partial charge in [0, 0.05) is 20.2 Å². The first-order chi connectivity index (χ1) is 7.56. The molecule has 2 heterocycles. The molecule has 0 aliphatic carbocycles. The van der Waals surface area contributed by atoms with E-state index in [-0.39, 0.29) is 10.7 Å². The van der Waals surface area contributed by atoms with E-state index in [1.54, 1.807) is 13.2 Å². The van der Waals surface area contributed by atoms with E-state index < -0.39 is 0 Å². The molecule has 16 heavy (non-hydrogen) atoms. The van der Waals surface area contributed by atoms with Gasteiger partial charge in [-0.05, 0) is 0 Å². The molecule has 0 aliphatic rings. The molecule has 7 nitrogen and oxygen atoms in total. The second-order valence-electron chi connectivity index (χ2n) is 3.21. The average molecular weight is 241 g/mol. The maximum Gasteiger partial charge on any atom is 0.290 e. The second-order valence-corrected chi connectivity index (χ2v) is 3.60. The molecule has 0 saturated carbocycles. The predicted octanol–water partition coefficient (Wildman–Crippen LogP) is 0.306. The summed E-state index contributed by atoms with van der Waals surface area (Å²) in [6.45, 7) is 0. The normalized spacial score (nSPS) is 10.4. The fourth-order valence-electron chi connectivity index (χ4n) is 1.20. The molecule has 2 rings (SSSR count). The Balaban J connectivity index is 2.38. The minimum Gasteiger partial charge on any atom is -0.333 e. The molecule has 0 fully saturated rings. The van der Waals surface area contributed by atoms with E-state index in [4.69, 9.17) is 11.6 Å². The minimum atomic E-state index is -0.282. The van der Waals surface area contributed by atoms with Crippen LogP contribution in [0.3, 0.4) is 0 Å². The highest BCUT2D eigenvalue weighted by Gasteiger charge is 2.06. The van der Waals surface area contributed by atoms with Crippen molar-refractivity contribution in [3.63, 3.8) is 0 Å². The Bertz CT molecular complexity index is 574. The standard InChI is InChI=1S/C8H9ClN6O/c1-14-4-7(11-13-14)10-5-3-6(9)12-15(2)8(5)16/h3-4,10H,1-2H3. The lowest BCUT2D eigenvalue weighted by Gasteiger charge is -2.03. The van der Waals surface area contributed by atoms with E-state index >= 15 is 0 Å². The van der Waals surface area contributed by atoms with Crippen LogP contribution in [0.2, 0.25) is 5.15 Å². The number of rotatable bonds is 2. The number of nitrogens with zero attached hydrogens (tertiary/aromatic N) is 5. The smallest absolute Gasteiger partial charge is 0.290 e. The van der Waals surface area contributed by atoms with E-state index in [9.17, 15) is 4.79 Å². The van der Waals surface area contributed by atoms with Gasteiger partial charge >= 0.3 is 0 Å². The highest BCUT2D eigenvalue weighted by molar-refractivity contribution is 6.29. The summed E-state index contributed by atoms with van der Waals surface area (Å²) < 4.78 is 2.68. The maximum atomic E-state index is 11.7. The van der Waals surface area contributed by atoms with Gasteiger partial charge in [0.15, 0.2) is 11.0 Å². The number of hydrogen-bond acceptors (Lipinski definition) is 5. The molecule has 1 N–H and O–H groups in total. The first-order valence-corrected chi connectivity index (χ1v) is 4.81. The van der Waals surface area contributed by atoms with Crippen LogP contribution in [0.1, 0.15) is 0 Å². The average Bonchev–Trinajstić information content (AvgIpc) is 2.60. The van der Waals surface area contributed by atoms with Gasteiger partial charge in [0.1, 0.15) is 5.69 Å². The predicted molar refractivity (Wildman–Crippen MR) is 58.8 cm³/mol. The number of hydrogen-bond donors (Lipinski definition) is 1. The number of anilines is 2. The quantitative estimate of drug-likeness (QED) is 0.817. The molecular weight excluding hydrogens is 232 g/mol. The van der Waals surface area contributed by atoms with Crippen LogP contribution in [0.25, 0.3) is 0 Å². The highest BCUT2D eigenvalue weighted by atomic mass is 35.5. The first-order valence-electron chi connectivity index (χ1n) is 4.43. The Morgan fingerprint density at radius 3 is 2.81 bits per heavy atom. The molecule has 0 radical (unpaired) electrons. The monoisotopic (exact) mass is 240 g/mol. The van der Waals surface area contributed by atoms with Gasteiger partial charge in [0.25, 0.3) is 5.56 Å². The molecular formula is C8H9ClN6O. The van der Waals surface area contributed by atoms with E-state index in [0.29, 0.717) is 11.5 Å². The van der Waals surface area contributed by atoms with Crippen molar-refractivity contribution in [3.8, 4) is 0 Å². The zero-order valence-electron chi connectivity index (χ0n) is 8.68. The molecule has 0 spiro atoms. The topological polar surface area (TPSA) is 77.6 Å². The first kappa shape index (κ1) is 10.6. The van der Waals surface area contributed by atoms with Gasteiger partial charge in [-0.1, -0.05) is 16.8 Å². The van der Waals surface area contributed by atoms with E-state index in [1.165, 1.54) is 17.8 Å². The van der Waals surface area contributed by atoms with Crippen molar-refractivity contribution < 1.29 is 0 Å². The molecule has 0 amide bonds. The zero-order valence-corrected chi connectivity index (χ0v) is 9.43. The van der Waals surface area contributed by atoms with Gasteiger partial charge in [-0.15, -0.1) is 5.10 Å². The fraction of sp³-hybridized carbons (Fsp3) is 0.250. The van der Waals surface area contributed by atoms with Crippen molar-refractivity contribution in [1.29, 1.82) is 0 Å². The summed E-state index contributed by atoms with van der Waals surface area (Å²) in [7, 11) is 3.26. The third-order valence-electron chi connectivity index (χ3n) is 1.90. The molecule has 84 valence electrons. The van der Waals surface area contributed by atoms with Crippen LogP contribution in [-0.2, 0) is 14.1 Å². The van der Waals surface area contributed by atoms with Crippen molar-refractivity contribution in [3.05, 3.63) is 27.8 Å². The number of halogens is 1. The highest BCUT2D eigenvalue weighted by Crippen LogP contribution is 2.11. The summed E-state index contributed by atoms with van der Waals surface area (Å²) in [5.74, 6) is 0.474. The second kappa shape index (κ2) is 3.93. The zero-order chi connectivity index (χ0) is 11.7. The Labute approximate surface area is 95.6 Å². The van der Waals surface area contributed by atoms with Crippen molar-refractivity contribution >= 4 is 23.1 Å². The molecule has 2 aromatic rings. The lowest BCUT2D eigenvalue weighted by Crippen LogP contribution is -2.22. The molecule has 8 heteroatoms. The summed E-state index contributed by atoms with van der Waals surface area (Å²) in [6, 6.07) is 1.44. The minimum absolute atomic E-state index is 0.230. The van der Waals surface area contributed by atoms with Crippen LogP contribution in [0.5, 0.6) is 0 Å².